The fourth-order valence-electron chi connectivity index (χ4n) is 3.47. The Hall–Kier alpha value is -2.08. The average Bonchev–Trinajstić information content (AvgIpc) is 2.99. The Morgan fingerprint density at radius 3 is 2.81 bits per heavy atom. The van der Waals surface area contributed by atoms with Gasteiger partial charge in [-0.2, -0.15) is 0 Å². The van der Waals surface area contributed by atoms with E-state index in [1.807, 2.05) is 26.0 Å². The molecular weight excluding hydrogens is 354 g/mol. The standard InChI is InChI=1S/C19H24ClN3O3/c1-4-26-18(25)19(11-7-10-15(19)20)22-23-16(12(2)3)21-14-9-6-5-8-13(14)17(23)24/h5-6,8-9,12,15,22H,4,7,10-11H2,1-3H3/t15-,19-/m0/s1. The molecule has 2 aromatic rings. The van der Waals surface area contributed by atoms with Crippen molar-refractivity contribution in [3.63, 3.8) is 0 Å². The van der Waals surface area contributed by atoms with Gasteiger partial charge in [-0.25, -0.2) is 14.5 Å². The second-order valence-corrected chi connectivity index (χ2v) is 7.47. The molecule has 1 fully saturated rings. The molecule has 0 saturated heterocycles. The highest BCUT2D eigenvalue weighted by molar-refractivity contribution is 6.24. The summed E-state index contributed by atoms with van der Waals surface area (Å²) in [6.45, 7) is 5.93. The van der Waals surface area contributed by atoms with Crippen molar-refractivity contribution in [2.45, 2.75) is 56.9 Å². The summed E-state index contributed by atoms with van der Waals surface area (Å²) in [5.74, 6) is 0.120. The highest BCUT2D eigenvalue weighted by Crippen LogP contribution is 2.36. The lowest BCUT2D eigenvalue weighted by molar-refractivity contribution is -0.148. The number of aromatic nitrogens is 2. The number of rotatable bonds is 5. The van der Waals surface area contributed by atoms with Crippen molar-refractivity contribution in [1.82, 2.24) is 9.66 Å². The van der Waals surface area contributed by atoms with Gasteiger partial charge in [0.05, 0.1) is 22.9 Å². The molecule has 1 aliphatic carbocycles. The largest absolute Gasteiger partial charge is 0.464 e. The number of hydrogen-bond donors (Lipinski definition) is 1. The number of alkyl halides is 1. The minimum Gasteiger partial charge on any atom is -0.464 e. The van der Waals surface area contributed by atoms with Gasteiger partial charge in [-0.05, 0) is 38.3 Å². The van der Waals surface area contributed by atoms with E-state index in [0.29, 0.717) is 29.6 Å². The van der Waals surface area contributed by atoms with E-state index in [9.17, 15) is 9.59 Å². The molecule has 0 radical (unpaired) electrons. The summed E-state index contributed by atoms with van der Waals surface area (Å²) in [7, 11) is 0. The number of ether oxygens (including phenoxy) is 1. The lowest BCUT2D eigenvalue weighted by atomic mass is 9.98. The van der Waals surface area contributed by atoms with Gasteiger partial charge in [0.1, 0.15) is 5.82 Å². The number of nitrogens with zero attached hydrogens (tertiary/aromatic N) is 2. The molecule has 1 saturated carbocycles. The van der Waals surface area contributed by atoms with Gasteiger partial charge < -0.3 is 10.2 Å². The first kappa shape index (κ1) is 18.7. The molecule has 1 aliphatic rings. The van der Waals surface area contributed by atoms with Crippen molar-refractivity contribution in [1.29, 1.82) is 0 Å². The molecule has 6 nitrogen and oxygen atoms in total. The molecule has 0 aliphatic heterocycles. The summed E-state index contributed by atoms with van der Waals surface area (Å²) < 4.78 is 6.67. The summed E-state index contributed by atoms with van der Waals surface area (Å²) in [6, 6.07) is 7.19. The van der Waals surface area contributed by atoms with Crippen LogP contribution >= 0.6 is 11.6 Å². The third-order valence-corrected chi connectivity index (χ3v) is 5.42. The first-order valence-corrected chi connectivity index (χ1v) is 9.45. The van der Waals surface area contributed by atoms with Crippen LogP contribution in [0, 0.1) is 0 Å². The molecule has 2 atom stereocenters. The van der Waals surface area contributed by atoms with Crippen LogP contribution in [0.25, 0.3) is 10.9 Å². The van der Waals surface area contributed by atoms with Gasteiger partial charge in [0, 0.05) is 5.92 Å². The third-order valence-electron chi connectivity index (χ3n) is 4.83. The van der Waals surface area contributed by atoms with Crippen molar-refractivity contribution in [2.75, 3.05) is 12.0 Å². The number of halogens is 1. The number of nitrogens with one attached hydrogen (secondary N) is 1. The van der Waals surface area contributed by atoms with Gasteiger partial charge in [-0.3, -0.25) is 4.79 Å². The summed E-state index contributed by atoms with van der Waals surface area (Å²) in [5.41, 5.74) is 2.40. The topological polar surface area (TPSA) is 73.2 Å². The number of para-hydroxylation sites is 1. The Kier molecular flexibility index (Phi) is 5.23. The predicted octanol–water partition coefficient (Wildman–Crippen LogP) is 3.16. The van der Waals surface area contributed by atoms with E-state index in [2.05, 4.69) is 10.4 Å². The number of esters is 1. The first-order chi connectivity index (χ1) is 12.4. The number of carbonyl (C=O) groups excluding carboxylic acids is 1. The smallest absolute Gasteiger partial charge is 0.334 e. The van der Waals surface area contributed by atoms with Crippen LogP contribution in [0.4, 0.5) is 0 Å². The van der Waals surface area contributed by atoms with Crippen molar-refractivity contribution >= 4 is 28.5 Å². The summed E-state index contributed by atoms with van der Waals surface area (Å²) in [5, 5.41) is 0.0347. The van der Waals surface area contributed by atoms with E-state index < -0.39 is 16.9 Å². The van der Waals surface area contributed by atoms with Crippen molar-refractivity contribution < 1.29 is 9.53 Å². The molecule has 140 valence electrons. The van der Waals surface area contributed by atoms with Crippen molar-refractivity contribution in [3.05, 3.63) is 40.4 Å². The van der Waals surface area contributed by atoms with E-state index in [1.165, 1.54) is 4.68 Å². The Labute approximate surface area is 157 Å². The van der Waals surface area contributed by atoms with Crippen LogP contribution in [-0.2, 0) is 9.53 Å². The van der Waals surface area contributed by atoms with Gasteiger partial charge in [-0.15, -0.1) is 11.6 Å². The molecule has 7 heteroatoms. The number of hydrogen-bond acceptors (Lipinski definition) is 5. The highest BCUT2D eigenvalue weighted by Gasteiger charge is 2.50. The normalized spacial score (nSPS) is 22.7. The molecule has 1 N–H and O–H groups in total. The molecule has 0 spiro atoms. The van der Waals surface area contributed by atoms with E-state index in [-0.39, 0.29) is 18.1 Å². The Morgan fingerprint density at radius 2 is 2.19 bits per heavy atom. The molecule has 0 amide bonds. The van der Waals surface area contributed by atoms with E-state index >= 15 is 0 Å². The van der Waals surface area contributed by atoms with Gasteiger partial charge in [0.25, 0.3) is 5.56 Å². The second kappa shape index (κ2) is 7.27. The van der Waals surface area contributed by atoms with Gasteiger partial charge >= 0.3 is 5.97 Å². The maximum absolute atomic E-state index is 13.1. The predicted molar refractivity (Wildman–Crippen MR) is 102 cm³/mol. The fourth-order valence-corrected chi connectivity index (χ4v) is 3.87. The van der Waals surface area contributed by atoms with Crippen LogP contribution in [0.3, 0.4) is 0 Å². The minimum atomic E-state index is -1.13. The summed E-state index contributed by atoms with van der Waals surface area (Å²) in [4.78, 5) is 30.5. The molecule has 3 rings (SSSR count). The zero-order valence-electron chi connectivity index (χ0n) is 15.3. The zero-order valence-corrected chi connectivity index (χ0v) is 16.0. The maximum atomic E-state index is 13.1. The van der Waals surface area contributed by atoms with Crippen molar-refractivity contribution in [2.24, 2.45) is 0 Å². The van der Waals surface area contributed by atoms with Crippen LogP contribution in [-0.4, -0.2) is 33.2 Å². The third kappa shape index (κ3) is 3.07. The van der Waals surface area contributed by atoms with Crippen LogP contribution in [0.1, 0.15) is 51.8 Å². The van der Waals surface area contributed by atoms with Crippen molar-refractivity contribution in [3.8, 4) is 0 Å². The first-order valence-electron chi connectivity index (χ1n) is 9.02. The van der Waals surface area contributed by atoms with Crippen LogP contribution in [0.2, 0.25) is 0 Å². The Bertz CT molecular complexity index is 880. The quantitative estimate of drug-likeness (QED) is 0.640. The molecule has 1 aromatic carbocycles. The SMILES string of the molecule is CCOC(=O)[C@]1(Nn2c(C(C)C)nc3ccccc3c2=O)CCC[C@@H]1Cl. The van der Waals surface area contributed by atoms with Gasteiger partial charge in [0.15, 0.2) is 5.54 Å². The van der Waals surface area contributed by atoms with Crippen LogP contribution in [0.15, 0.2) is 29.1 Å². The number of benzene rings is 1. The Morgan fingerprint density at radius 1 is 1.46 bits per heavy atom. The zero-order chi connectivity index (χ0) is 18.9. The summed E-state index contributed by atoms with van der Waals surface area (Å²) >= 11 is 6.52. The minimum absolute atomic E-state index is 0.0192. The van der Waals surface area contributed by atoms with E-state index in [0.717, 1.165) is 6.42 Å². The monoisotopic (exact) mass is 377 g/mol. The fraction of sp³-hybridized carbons (Fsp3) is 0.526. The molecule has 1 aromatic heterocycles. The second-order valence-electron chi connectivity index (χ2n) is 6.95. The number of carbonyl (C=O) groups is 1. The molecule has 1 heterocycles. The van der Waals surface area contributed by atoms with Crippen LogP contribution < -0.4 is 11.0 Å². The maximum Gasteiger partial charge on any atom is 0.334 e. The van der Waals surface area contributed by atoms with E-state index in [1.54, 1.807) is 19.1 Å². The molecule has 0 bridgehead atoms. The average molecular weight is 378 g/mol. The molecule has 0 unspecified atom stereocenters. The van der Waals surface area contributed by atoms with E-state index in [4.69, 9.17) is 16.3 Å². The number of fused-ring (bicyclic) bond motifs is 1. The van der Waals surface area contributed by atoms with Gasteiger partial charge in [-0.1, -0.05) is 26.0 Å². The molecule has 26 heavy (non-hydrogen) atoms. The summed E-state index contributed by atoms with van der Waals surface area (Å²) in [6.07, 6.45) is 1.98. The van der Waals surface area contributed by atoms with Crippen LogP contribution in [0.5, 0.6) is 0 Å². The van der Waals surface area contributed by atoms with Gasteiger partial charge in [0.2, 0.25) is 0 Å². The molecular formula is C19H24ClN3O3. The lowest BCUT2D eigenvalue weighted by Gasteiger charge is -2.33. The highest BCUT2D eigenvalue weighted by atomic mass is 35.5. The lowest BCUT2D eigenvalue weighted by Crippen LogP contribution is -2.57. The Balaban J connectivity index is 2.17.